The Morgan fingerprint density at radius 2 is 2.28 bits per heavy atom. The lowest BCUT2D eigenvalue weighted by molar-refractivity contribution is 0.623. The number of nitrogens with zero attached hydrogens (tertiary/aromatic N) is 2. The summed E-state index contributed by atoms with van der Waals surface area (Å²) in [5.41, 5.74) is 0.201. The molecule has 0 spiro atoms. The molecule has 0 aromatic carbocycles. The fraction of sp³-hybridized carbons (Fsp3) is 0.182. The van der Waals surface area contributed by atoms with Gasteiger partial charge in [0.15, 0.2) is 11.0 Å². The standard InChI is InChI=1S/C11H9ClFN3OS/c1-2-6-8(18)11(17)16-10(15-6)5-3-4-14-9(12)7(5)13/h3-4,18H,2H2,1H3,(H,15,16,17). The minimum atomic E-state index is -0.712. The molecule has 0 aliphatic carbocycles. The van der Waals surface area contributed by atoms with Gasteiger partial charge in [0.05, 0.1) is 16.2 Å². The van der Waals surface area contributed by atoms with E-state index in [-0.39, 0.29) is 21.4 Å². The van der Waals surface area contributed by atoms with Gasteiger partial charge in [0.2, 0.25) is 0 Å². The molecule has 0 radical (unpaired) electrons. The molecule has 2 aromatic rings. The van der Waals surface area contributed by atoms with Crippen molar-refractivity contribution in [2.75, 3.05) is 0 Å². The van der Waals surface area contributed by atoms with Gasteiger partial charge in [-0.05, 0) is 12.5 Å². The van der Waals surface area contributed by atoms with E-state index >= 15 is 0 Å². The Balaban J connectivity index is 2.68. The lowest BCUT2D eigenvalue weighted by atomic mass is 10.2. The molecule has 2 aromatic heterocycles. The smallest absolute Gasteiger partial charge is 0.264 e. The zero-order chi connectivity index (χ0) is 13.3. The first-order valence-corrected chi connectivity index (χ1v) is 5.99. The zero-order valence-corrected chi connectivity index (χ0v) is 11.0. The van der Waals surface area contributed by atoms with Gasteiger partial charge in [-0.15, -0.1) is 12.6 Å². The highest BCUT2D eigenvalue weighted by atomic mass is 35.5. The van der Waals surface area contributed by atoms with Crippen LogP contribution >= 0.6 is 24.2 Å². The number of hydrogen-bond donors (Lipinski definition) is 2. The Kier molecular flexibility index (Phi) is 3.68. The van der Waals surface area contributed by atoms with Gasteiger partial charge >= 0.3 is 0 Å². The Morgan fingerprint density at radius 3 is 2.94 bits per heavy atom. The van der Waals surface area contributed by atoms with Gasteiger partial charge in [-0.3, -0.25) is 4.79 Å². The number of rotatable bonds is 2. The van der Waals surface area contributed by atoms with Crippen molar-refractivity contribution in [3.8, 4) is 11.4 Å². The SMILES string of the molecule is CCc1nc(-c2ccnc(Cl)c2F)[nH]c(=O)c1S. The highest BCUT2D eigenvalue weighted by Gasteiger charge is 2.14. The normalized spacial score (nSPS) is 10.7. The number of hydrogen-bond acceptors (Lipinski definition) is 4. The topological polar surface area (TPSA) is 58.6 Å². The molecule has 0 atom stereocenters. The maximum Gasteiger partial charge on any atom is 0.264 e. The number of aromatic nitrogens is 3. The van der Waals surface area contributed by atoms with Crippen molar-refractivity contribution in [1.82, 2.24) is 15.0 Å². The number of aromatic amines is 1. The molecular formula is C11H9ClFN3OS. The summed E-state index contributed by atoms with van der Waals surface area (Å²) >= 11 is 9.65. The van der Waals surface area contributed by atoms with Crippen LogP contribution in [0.1, 0.15) is 12.6 Å². The predicted molar refractivity (Wildman–Crippen MR) is 69.7 cm³/mol. The van der Waals surface area contributed by atoms with E-state index in [1.54, 1.807) is 0 Å². The van der Waals surface area contributed by atoms with Crippen molar-refractivity contribution in [2.24, 2.45) is 0 Å². The number of nitrogens with one attached hydrogen (secondary N) is 1. The summed E-state index contributed by atoms with van der Waals surface area (Å²) in [4.78, 5) is 22.1. The second kappa shape index (κ2) is 5.07. The lowest BCUT2D eigenvalue weighted by Crippen LogP contribution is -2.14. The first kappa shape index (κ1) is 13.0. The molecule has 0 fully saturated rings. The van der Waals surface area contributed by atoms with Crippen LogP contribution < -0.4 is 5.56 Å². The molecule has 0 saturated carbocycles. The van der Waals surface area contributed by atoms with E-state index in [0.29, 0.717) is 12.1 Å². The molecule has 1 N–H and O–H groups in total. The molecule has 0 saturated heterocycles. The number of H-pyrrole nitrogens is 1. The average molecular weight is 286 g/mol. The molecule has 0 amide bonds. The van der Waals surface area contributed by atoms with E-state index in [1.807, 2.05) is 6.92 Å². The molecule has 2 heterocycles. The minimum Gasteiger partial charge on any atom is -0.305 e. The van der Waals surface area contributed by atoms with Crippen molar-refractivity contribution < 1.29 is 4.39 Å². The Hall–Kier alpha value is -1.40. The second-order valence-corrected chi connectivity index (χ2v) is 4.33. The van der Waals surface area contributed by atoms with Gasteiger partial charge in [0, 0.05) is 6.20 Å². The van der Waals surface area contributed by atoms with Gasteiger partial charge in [-0.25, -0.2) is 14.4 Å². The van der Waals surface area contributed by atoms with E-state index in [4.69, 9.17) is 11.6 Å². The lowest BCUT2D eigenvalue weighted by Gasteiger charge is -2.06. The Morgan fingerprint density at radius 1 is 1.56 bits per heavy atom. The van der Waals surface area contributed by atoms with Crippen molar-refractivity contribution in [3.05, 3.63) is 39.3 Å². The van der Waals surface area contributed by atoms with Crippen molar-refractivity contribution >= 4 is 24.2 Å². The third-order valence-electron chi connectivity index (χ3n) is 2.40. The summed E-state index contributed by atoms with van der Waals surface area (Å²) in [6, 6.07) is 1.40. The van der Waals surface area contributed by atoms with Crippen molar-refractivity contribution in [2.45, 2.75) is 18.2 Å². The van der Waals surface area contributed by atoms with Crippen LogP contribution in [0.15, 0.2) is 22.0 Å². The second-order valence-electron chi connectivity index (χ2n) is 3.53. The largest absolute Gasteiger partial charge is 0.305 e. The van der Waals surface area contributed by atoms with Gasteiger partial charge in [0.1, 0.15) is 5.82 Å². The quantitative estimate of drug-likeness (QED) is 0.658. The number of thiol groups is 1. The zero-order valence-electron chi connectivity index (χ0n) is 9.37. The maximum absolute atomic E-state index is 13.8. The average Bonchev–Trinajstić information content (AvgIpc) is 2.36. The van der Waals surface area contributed by atoms with Crippen molar-refractivity contribution in [1.29, 1.82) is 0 Å². The van der Waals surface area contributed by atoms with Crippen molar-refractivity contribution in [3.63, 3.8) is 0 Å². The van der Waals surface area contributed by atoms with Crippen LogP contribution in [0.4, 0.5) is 4.39 Å². The summed E-state index contributed by atoms with van der Waals surface area (Å²) in [7, 11) is 0. The van der Waals surface area contributed by atoms with E-state index in [2.05, 4.69) is 27.6 Å². The predicted octanol–water partition coefficient (Wildman–Crippen LogP) is 2.48. The highest BCUT2D eigenvalue weighted by Crippen LogP contribution is 2.23. The van der Waals surface area contributed by atoms with Gasteiger partial charge in [-0.1, -0.05) is 18.5 Å². The number of aryl methyl sites for hydroxylation is 1. The molecule has 0 aliphatic rings. The van der Waals surface area contributed by atoms with Gasteiger partial charge < -0.3 is 4.98 Å². The maximum atomic E-state index is 13.8. The monoisotopic (exact) mass is 285 g/mol. The molecule has 0 unspecified atom stereocenters. The molecule has 94 valence electrons. The van der Waals surface area contributed by atoms with E-state index in [9.17, 15) is 9.18 Å². The summed E-state index contributed by atoms with van der Waals surface area (Å²) in [5.74, 6) is -0.590. The fourth-order valence-corrected chi connectivity index (χ4v) is 1.91. The van der Waals surface area contributed by atoms with Gasteiger partial charge in [0.25, 0.3) is 5.56 Å². The Bertz CT molecular complexity index is 659. The van der Waals surface area contributed by atoms with Crippen LogP contribution in [0.3, 0.4) is 0 Å². The first-order chi connectivity index (χ1) is 8.54. The van der Waals surface area contributed by atoms with Crippen LogP contribution in [-0.2, 0) is 6.42 Å². The summed E-state index contributed by atoms with van der Waals surface area (Å²) in [5, 5.41) is -0.261. The number of pyridine rings is 1. The van der Waals surface area contributed by atoms with Crippen LogP contribution in [-0.4, -0.2) is 15.0 Å². The highest BCUT2D eigenvalue weighted by molar-refractivity contribution is 7.80. The van der Waals surface area contributed by atoms with E-state index in [1.165, 1.54) is 12.3 Å². The third kappa shape index (κ3) is 2.26. The Labute approximate surface area is 113 Å². The molecule has 18 heavy (non-hydrogen) atoms. The summed E-state index contributed by atoms with van der Waals surface area (Å²) in [6.45, 7) is 1.83. The van der Waals surface area contributed by atoms with Crippen LogP contribution in [0.5, 0.6) is 0 Å². The summed E-state index contributed by atoms with van der Waals surface area (Å²) < 4.78 is 13.8. The third-order valence-corrected chi connectivity index (χ3v) is 3.13. The van der Waals surface area contributed by atoms with Crippen LogP contribution in [0.2, 0.25) is 5.15 Å². The summed E-state index contributed by atoms with van der Waals surface area (Å²) in [6.07, 6.45) is 1.87. The molecular weight excluding hydrogens is 277 g/mol. The molecule has 2 rings (SSSR count). The van der Waals surface area contributed by atoms with Crippen LogP contribution in [0.25, 0.3) is 11.4 Å². The minimum absolute atomic E-state index is 0.107. The van der Waals surface area contributed by atoms with Gasteiger partial charge in [-0.2, -0.15) is 0 Å². The molecule has 7 heteroatoms. The van der Waals surface area contributed by atoms with E-state index in [0.717, 1.165) is 0 Å². The van der Waals surface area contributed by atoms with E-state index < -0.39 is 11.4 Å². The molecule has 0 aliphatic heterocycles. The first-order valence-electron chi connectivity index (χ1n) is 5.17. The van der Waals surface area contributed by atoms with Crippen LogP contribution in [0, 0.1) is 5.82 Å². The molecule has 0 bridgehead atoms. The molecule has 4 nitrogen and oxygen atoms in total. The fourth-order valence-electron chi connectivity index (χ4n) is 1.49. The number of halogens is 2.